The topological polar surface area (TPSA) is 66.1 Å². The Morgan fingerprint density at radius 1 is 1.28 bits per heavy atom. The number of hydrogen-bond donors (Lipinski definition) is 1. The van der Waals surface area contributed by atoms with Crippen molar-refractivity contribution in [2.45, 2.75) is 6.10 Å². The maximum Gasteiger partial charge on any atom is 0.137 e. The highest BCUT2D eigenvalue weighted by atomic mass is 16.5. The first-order chi connectivity index (χ1) is 8.74. The minimum Gasteiger partial charge on any atom is -0.495 e. The lowest BCUT2D eigenvalue weighted by molar-refractivity contribution is 0.219. The second-order valence-corrected chi connectivity index (χ2v) is 3.80. The van der Waals surface area contributed by atoms with Crippen molar-refractivity contribution < 1.29 is 9.84 Å². The van der Waals surface area contributed by atoms with Gasteiger partial charge < -0.3 is 9.84 Å². The van der Waals surface area contributed by atoms with Gasteiger partial charge in [-0.15, -0.1) is 0 Å². The first kappa shape index (κ1) is 12.1. The number of aliphatic hydroxyl groups is 1. The van der Waals surface area contributed by atoms with E-state index in [1.165, 1.54) is 0 Å². The van der Waals surface area contributed by atoms with E-state index in [2.05, 4.69) is 4.98 Å². The predicted molar refractivity (Wildman–Crippen MR) is 66.0 cm³/mol. The lowest BCUT2D eigenvalue weighted by Crippen LogP contribution is -2.01. The number of aliphatic hydroxyl groups excluding tert-OH is 1. The van der Waals surface area contributed by atoms with Crippen molar-refractivity contribution in [2.75, 3.05) is 7.11 Å². The van der Waals surface area contributed by atoms with E-state index in [0.29, 0.717) is 22.4 Å². The molecule has 0 fully saturated rings. The smallest absolute Gasteiger partial charge is 0.137 e. The Bertz CT molecular complexity index is 590. The van der Waals surface area contributed by atoms with Crippen molar-refractivity contribution in [3.05, 3.63) is 59.4 Å². The van der Waals surface area contributed by atoms with Gasteiger partial charge in [-0.1, -0.05) is 12.1 Å². The normalized spacial score (nSPS) is 11.6. The summed E-state index contributed by atoms with van der Waals surface area (Å²) in [7, 11) is 1.55. The fourth-order valence-corrected chi connectivity index (χ4v) is 1.67. The standard InChI is InChI=1S/C14H12N2O2/c1-18-13-6-12(8-16-9-13)14(17)11-4-2-3-10(5-11)7-15/h2-6,8-9,14,17H,1H3. The maximum absolute atomic E-state index is 10.2. The summed E-state index contributed by atoms with van der Waals surface area (Å²) in [6.07, 6.45) is 2.33. The van der Waals surface area contributed by atoms with E-state index >= 15 is 0 Å². The van der Waals surface area contributed by atoms with Crippen LogP contribution in [0.25, 0.3) is 0 Å². The lowest BCUT2D eigenvalue weighted by Gasteiger charge is -2.12. The maximum atomic E-state index is 10.2. The number of rotatable bonds is 3. The summed E-state index contributed by atoms with van der Waals surface area (Å²) in [4.78, 5) is 3.99. The van der Waals surface area contributed by atoms with Gasteiger partial charge in [0.25, 0.3) is 0 Å². The molecule has 0 saturated carbocycles. The van der Waals surface area contributed by atoms with Gasteiger partial charge in [-0.25, -0.2) is 0 Å². The van der Waals surface area contributed by atoms with Crippen molar-refractivity contribution in [1.29, 1.82) is 5.26 Å². The van der Waals surface area contributed by atoms with Crippen molar-refractivity contribution >= 4 is 0 Å². The molecule has 90 valence electrons. The average Bonchev–Trinajstić information content (AvgIpc) is 2.46. The van der Waals surface area contributed by atoms with Gasteiger partial charge in [-0.05, 0) is 23.8 Å². The summed E-state index contributed by atoms with van der Waals surface area (Å²) in [5.74, 6) is 0.586. The second kappa shape index (κ2) is 5.30. The van der Waals surface area contributed by atoms with Gasteiger partial charge in [0.15, 0.2) is 0 Å². The molecule has 1 N–H and O–H groups in total. The van der Waals surface area contributed by atoms with Crippen LogP contribution in [0.5, 0.6) is 5.75 Å². The third-order valence-electron chi connectivity index (χ3n) is 2.62. The van der Waals surface area contributed by atoms with E-state index in [1.54, 1.807) is 49.8 Å². The highest BCUT2D eigenvalue weighted by molar-refractivity contribution is 5.38. The van der Waals surface area contributed by atoms with E-state index in [-0.39, 0.29) is 0 Å². The zero-order valence-electron chi connectivity index (χ0n) is 9.87. The molecular weight excluding hydrogens is 228 g/mol. The Labute approximate surface area is 105 Å². The first-order valence-corrected chi connectivity index (χ1v) is 5.41. The van der Waals surface area contributed by atoms with Crippen molar-refractivity contribution in [3.63, 3.8) is 0 Å². The number of nitrogens with zero attached hydrogens (tertiary/aromatic N) is 2. The molecule has 1 aromatic heterocycles. The molecule has 1 aromatic carbocycles. The summed E-state index contributed by atoms with van der Waals surface area (Å²) in [6.45, 7) is 0. The van der Waals surface area contributed by atoms with Crippen LogP contribution in [-0.4, -0.2) is 17.2 Å². The third-order valence-corrected chi connectivity index (χ3v) is 2.62. The Morgan fingerprint density at radius 2 is 2.11 bits per heavy atom. The fourth-order valence-electron chi connectivity index (χ4n) is 1.67. The Kier molecular flexibility index (Phi) is 3.56. The van der Waals surface area contributed by atoms with Crippen LogP contribution >= 0.6 is 0 Å². The number of pyridine rings is 1. The van der Waals surface area contributed by atoms with Crippen molar-refractivity contribution in [1.82, 2.24) is 4.98 Å². The summed E-state index contributed by atoms with van der Waals surface area (Å²) >= 11 is 0. The number of nitriles is 1. The quantitative estimate of drug-likeness (QED) is 0.891. The summed E-state index contributed by atoms with van der Waals surface area (Å²) in [5.41, 5.74) is 1.80. The molecule has 18 heavy (non-hydrogen) atoms. The molecule has 1 heterocycles. The third kappa shape index (κ3) is 2.47. The van der Waals surface area contributed by atoms with E-state index in [9.17, 15) is 5.11 Å². The molecule has 0 aliphatic rings. The molecule has 0 bridgehead atoms. The van der Waals surface area contributed by atoms with E-state index in [4.69, 9.17) is 10.00 Å². The minimum atomic E-state index is -0.819. The van der Waals surface area contributed by atoms with Crippen molar-refractivity contribution in [2.24, 2.45) is 0 Å². The number of ether oxygens (including phenoxy) is 1. The van der Waals surface area contributed by atoms with Gasteiger partial charge in [0.2, 0.25) is 0 Å². The van der Waals surface area contributed by atoms with Crippen LogP contribution in [0.4, 0.5) is 0 Å². The molecule has 0 radical (unpaired) electrons. The average molecular weight is 240 g/mol. The SMILES string of the molecule is COc1cncc(C(O)c2cccc(C#N)c2)c1. The molecule has 1 atom stereocenters. The van der Waals surface area contributed by atoms with Crippen LogP contribution < -0.4 is 4.74 Å². The Balaban J connectivity index is 2.35. The molecule has 0 aliphatic carbocycles. The summed E-state index contributed by atoms with van der Waals surface area (Å²) in [5, 5.41) is 19.1. The van der Waals surface area contributed by atoms with Crippen molar-refractivity contribution in [3.8, 4) is 11.8 Å². The van der Waals surface area contributed by atoms with Gasteiger partial charge in [0.1, 0.15) is 11.9 Å². The predicted octanol–water partition coefficient (Wildman–Crippen LogP) is 2.04. The molecule has 0 amide bonds. The van der Waals surface area contributed by atoms with Gasteiger partial charge >= 0.3 is 0 Å². The van der Waals surface area contributed by atoms with E-state index in [1.807, 2.05) is 6.07 Å². The van der Waals surface area contributed by atoms with Gasteiger partial charge in [0.05, 0.1) is 24.9 Å². The molecule has 0 saturated heterocycles. The minimum absolute atomic E-state index is 0.516. The van der Waals surface area contributed by atoms with Crippen LogP contribution in [0.3, 0.4) is 0 Å². The molecule has 4 nitrogen and oxygen atoms in total. The number of hydrogen-bond acceptors (Lipinski definition) is 4. The van der Waals surface area contributed by atoms with Crippen LogP contribution in [-0.2, 0) is 0 Å². The van der Waals surface area contributed by atoms with Crippen LogP contribution in [0, 0.1) is 11.3 Å². The van der Waals surface area contributed by atoms with Gasteiger partial charge in [0, 0.05) is 11.8 Å². The highest BCUT2D eigenvalue weighted by Crippen LogP contribution is 2.24. The number of aromatic nitrogens is 1. The molecule has 1 unspecified atom stereocenters. The summed E-state index contributed by atoms with van der Waals surface area (Å²) in [6, 6.07) is 10.6. The largest absolute Gasteiger partial charge is 0.495 e. The molecule has 2 aromatic rings. The Hall–Kier alpha value is -2.38. The molecule has 0 spiro atoms. The molecule has 2 rings (SSSR count). The monoisotopic (exact) mass is 240 g/mol. The Morgan fingerprint density at radius 3 is 2.83 bits per heavy atom. The van der Waals surface area contributed by atoms with Gasteiger partial charge in [-0.3, -0.25) is 4.98 Å². The van der Waals surface area contributed by atoms with Gasteiger partial charge in [-0.2, -0.15) is 5.26 Å². The lowest BCUT2D eigenvalue weighted by atomic mass is 10.0. The zero-order chi connectivity index (χ0) is 13.0. The molecule has 4 heteroatoms. The molecular formula is C14H12N2O2. The summed E-state index contributed by atoms with van der Waals surface area (Å²) < 4.78 is 5.06. The highest BCUT2D eigenvalue weighted by Gasteiger charge is 2.12. The fraction of sp³-hybridized carbons (Fsp3) is 0.143. The zero-order valence-corrected chi connectivity index (χ0v) is 9.87. The van der Waals surface area contributed by atoms with Crippen LogP contribution in [0.2, 0.25) is 0 Å². The van der Waals surface area contributed by atoms with E-state index in [0.717, 1.165) is 0 Å². The number of benzene rings is 1. The second-order valence-electron chi connectivity index (χ2n) is 3.80. The first-order valence-electron chi connectivity index (χ1n) is 5.41. The van der Waals surface area contributed by atoms with Crippen LogP contribution in [0.1, 0.15) is 22.8 Å². The van der Waals surface area contributed by atoms with E-state index < -0.39 is 6.10 Å². The number of methoxy groups -OCH3 is 1. The molecule has 0 aliphatic heterocycles. The van der Waals surface area contributed by atoms with Crippen LogP contribution in [0.15, 0.2) is 42.7 Å².